The lowest BCUT2D eigenvalue weighted by Gasteiger charge is -2.17. The van der Waals surface area contributed by atoms with E-state index in [1.807, 2.05) is 0 Å². The van der Waals surface area contributed by atoms with Gasteiger partial charge in [-0.05, 0) is 37.7 Å². The molecule has 0 aromatic carbocycles. The van der Waals surface area contributed by atoms with Gasteiger partial charge in [0.1, 0.15) is 0 Å². The van der Waals surface area contributed by atoms with E-state index in [1.54, 1.807) is 0 Å². The Morgan fingerprint density at radius 2 is 1.38 bits per heavy atom. The lowest BCUT2D eigenvalue weighted by atomic mass is 9.95. The summed E-state index contributed by atoms with van der Waals surface area (Å²) < 4.78 is 5.61. The number of amides is 1. The second-order valence-electron chi connectivity index (χ2n) is 8.26. The number of carbonyl (C=O) groups is 2. The van der Waals surface area contributed by atoms with Gasteiger partial charge in [-0.3, -0.25) is 9.59 Å². The molecule has 0 aliphatic carbocycles. The number of rotatable bonds is 21. The number of carbonyl (C=O) groups excluding carboxylic acids is 2. The zero-order valence-electron chi connectivity index (χ0n) is 19.3. The van der Waals surface area contributed by atoms with Crippen molar-refractivity contribution in [2.75, 3.05) is 13.2 Å². The van der Waals surface area contributed by atoms with Crippen molar-refractivity contribution in [2.45, 2.75) is 117 Å². The number of esters is 1. The average Bonchev–Trinajstić information content (AvgIpc) is 2.73. The molecule has 0 atom stereocenters. The normalized spacial score (nSPS) is 10.9. The zero-order chi connectivity index (χ0) is 21.6. The van der Waals surface area contributed by atoms with Crippen LogP contribution in [0.1, 0.15) is 117 Å². The third-order valence-electron chi connectivity index (χ3n) is 5.45. The van der Waals surface area contributed by atoms with Crippen LogP contribution in [0.3, 0.4) is 0 Å². The van der Waals surface area contributed by atoms with Crippen molar-refractivity contribution in [2.24, 2.45) is 5.92 Å². The topological polar surface area (TPSA) is 55.4 Å². The first-order chi connectivity index (χ1) is 14.1. The molecule has 0 heterocycles. The number of unbranched alkanes of at least 4 members (excludes halogenated alkanes) is 10. The average molecular weight is 410 g/mol. The van der Waals surface area contributed by atoms with Crippen molar-refractivity contribution < 1.29 is 14.3 Å². The Labute approximate surface area is 180 Å². The molecule has 4 nitrogen and oxygen atoms in total. The summed E-state index contributed by atoms with van der Waals surface area (Å²) in [6.45, 7) is 9.22. The van der Waals surface area contributed by atoms with Gasteiger partial charge in [-0.25, -0.2) is 0 Å². The van der Waals surface area contributed by atoms with Crippen LogP contribution in [-0.2, 0) is 14.3 Å². The van der Waals surface area contributed by atoms with Gasteiger partial charge in [0, 0.05) is 13.0 Å². The Morgan fingerprint density at radius 3 is 1.97 bits per heavy atom. The molecule has 1 N–H and O–H groups in total. The maximum absolute atomic E-state index is 12.1. The summed E-state index contributed by atoms with van der Waals surface area (Å²) >= 11 is 0. The maximum atomic E-state index is 12.1. The zero-order valence-corrected chi connectivity index (χ0v) is 19.3. The van der Waals surface area contributed by atoms with Crippen LogP contribution in [0.15, 0.2) is 12.7 Å². The molecule has 0 bridgehead atoms. The second-order valence-corrected chi connectivity index (χ2v) is 8.26. The molecule has 0 aromatic heterocycles. The summed E-state index contributed by atoms with van der Waals surface area (Å²) in [5.74, 6) is 0.399. The summed E-state index contributed by atoms with van der Waals surface area (Å²) in [4.78, 5) is 23.1. The molecule has 4 heteroatoms. The van der Waals surface area contributed by atoms with Crippen LogP contribution in [0, 0.1) is 5.92 Å². The number of hydrogen-bond donors (Lipinski definition) is 1. The first kappa shape index (κ1) is 27.7. The van der Waals surface area contributed by atoms with Gasteiger partial charge in [-0.15, -0.1) is 0 Å². The SMILES string of the molecule is C=CC(=O)NCCCCCCCC(=O)OCC(CCCCCC)CCCCCC. The van der Waals surface area contributed by atoms with Gasteiger partial charge in [0.25, 0.3) is 0 Å². The third kappa shape index (κ3) is 19.8. The lowest BCUT2D eigenvalue weighted by molar-refractivity contribution is -0.145. The van der Waals surface area contributed by atoms with E-state index in [4.69, 9.17) is 4.74 Å². The monoisotopic (exact) mass is 409 g/mol. The summed E-state index contributed by atoms with van der Waals surface area (Å²) in [5, 5.41) is 2.78. The molecule has 0 radical (unpaired) electrons. The highest BCUT2D eigenvalue weighted by Gasteiger charge is 2.12. The minimum absolute atomic E-state index is 0.0321. The molecule has 0 unspecified atom stereocenters. The Bertz CT molecular complexity index is 397. The molecule has 0 rings (SSSR count). The molecule has 1 amide bonds. The van der Waals surface area contributed by atoms with Crippen molar-refractivity contribution in [3.63, 3.8) is 0 Å². The fourth-order valence-corrected chi connectivity index (χ4v) is 3.52. The van der Waals surface area contributed by atoms with Crippen LogP contribution in [-0.4, -0.2) is 25.0 Å². The number of nitrogens with one attached hydrogen (secondary N) is 1. The Morgan fingerprint density at radius 1 is 0.828 bits per heavy atom. The molecule has 0 aliphatic heterocycles. The van der Waals surface area contributed by atoms with Crippen molar-refractivity contribution in [1.29, 1.82) is 0 Å². The van der Waals surface area contributed by atoms with Crippen LogP contribution in [0.4, 0.5) is 0 Å². The quantitative estimate of drug-likeness (QED) is 0.130. The van der Waals surface area contributed by atoms with Crippen LogP contribution in [0.25, 0.3) is 0 Å². The minimum atomic E-state index is -0.109. The highest BCUT2D eigenvalue weighted by Crippen LogP contribution is 2.19. The van der Waals surface area contributed by atoms with Gasteiger partial charge < -0.3 is 10.1 Å². The predicted molar refractivity (Wildman–Crippen MR) is 123 cm³/mol. The van der Waals surface area contributed by atoms with Crippen molar-refractivity contribution >= 4 is 11.9 Å². The second kappa shape index (κ2) is 21.4. The van der Waals surface area contributed by atoms with E-state index in [0.29, 0.717) is 25.5 Å². The van der Waals surface area contributed by atoms with Crippen LogP contribution in [0.5, 0.6) is 0 Å². The van der Waals surface area contributed by atoms with Gasteiger partial charge >= 0.3 is 5.97 Å². The van der Waals surface area contributed by atoms with Crippen LogP contribution in [0.2, 0.25) is 0 Å². The molecule has 0 fully saturated rings. The van der Waals surface area contributed by atoms with Crippen LogP contribution < -0.4 is 5.32 Å². The summed E-state index contributed by atoms with van der Waals surface area (Å²) in [5.41, 5.74) is 0. The summed E-state index contributed by atoms with van der Waals surface area (Å²) in [7, 11) is 0. The molecule has 0 spiro atoms. The van der Waals surface area contributed by atoms with E-state index in [-0.39, 0.29) is 11.9 Å². The lowest BCUT2D eigenvalue weighted by Crippen LogP contribution is -2.21. The fraction of sp³-hybridized carbons (Fsp3) is 0.840. The van der Waals surface area contributed by atoms with Crippen molar-refractivity contribution in [3.05, 3.63) is 12.7 Å². The van der Waals surface area contributed by atoms with E-state index in [1.165, 1.54) is 70.3 Å². The molecule has 0 aliphatic rings. The van der Waals surface area contributed by atoms with Gasteiger partial charge in [0.05, 0.1) is 6.61 Å². The first-order valence-electron chi connectivity index (χ1n) is 12.2. The molecular formula is C25H47NO3. The Hall–Kier alpha value is -1.32. The number of ether oxygens (including phenoxy) is 1. The van der Waals surface area contributed by atoms with E-state index in [2.05, 4.69) is 25.7 Å². The van der Waals surface area contributed by atoms with Gasteiger partial charge in [-0.1, -0.05) is 91.1 Å². The third-order valence-corrected chi connectivity index (χ3v) is 5.45. The van der Waals surface area contributed by atoms with Crippen molar-refractivity contribution in [1.82, 2.24) is 5.32 Å². The van der Waals surface area contributed by atoms with E-state index >= 15 is 0 Å². The first-order valence-corrected chi connectivity index (χ1v) is 12.2. The highest BCUT2D eigenvalue weighted by molar-refractivity contribution is 5.86. The summed E-state index contributed by atoms with van der Waals surface area (Å²) in [6, 6.07) is 0. The highest BCUT2D eigenvalue weighted by atomic mass is 16.5. The molecule has 0 aromatic rings. The van der Waals surface area contributed by atoms with Crippen LogP contribution >= 0.6 is 0 Å². The minimum Gasteiger partial charge on any atom is -0.465 e. The molecular weight excluding hydrogens is 362 g/mol. The Balaban J connectivity index is 3.80. The molecule has 170 valence electrons. The van der Waals surface area contributed by atoms with Gasteiger partial charge in [0.15, 0.2) is 0 Å². The summed E-state index contributed by atoms with van der Waals surface area (Å²) in [6.07, 6.45) is 19.6. The largest absolute Gasteiger partial charge is 0.465 e. The maximum Gasteiger partial charge on any atom is 0.305 e. The van der Waals surface area contributed by atoms with E-state index in [9.17, 15) is 9.59 Å². The van der Waals surface area contributed by atoms with Gasteiger partial charge in [0.2, 0.25) is 5.91 Å². The smallest absolute Gasteiger partial charge is 0.305 e. The molecule has 0 saturated heterocycles. The fourth-order valence-electron chi connectivity index (χ4n) is 3.52. The van der Waals surface area contributed by atoms with Crippen molar-refractivity contribution in [3.8, 4) is 0 Å². The van der Waals surface area contributed by atoms with E-state index in [0.717, 1.165) is 32.1 Å². The Kier molecular flexibility index (Phi) is 20.4. The molecule has 0 saturated carbocycles. The van der Waals surface area contributed by atoms with Gasteiger partial charge in [-0.2, -0.15) is 0 Å². The predicted octanol–water partition coefficient (Wildman–Crippen LogP) is 6.73. The van der Waals surface area contributed by atoms with E-state index < -0.39 is 0 Å². The standard InChI is InChI=1S/C25H47NO3/c1-4-7-9-14-18-23(19-15-10-8-5-2)22-29-25(28)20-16-12-11-13-17-21-26-24(27)6-3/h6,23H,3-5,7-22H2,1-2H3,(H,26,27). The molecule has 29 heavy (non-hydrogen) atoms. The number of hydrogen-bond acceptors (Lipinski definition) is 3.